The molecule has 0 fully saturated rings. The van der Waals surface area contributed by atoms with Gasteiger partial charge in [0.15, 0.2) is 5.82 Å². The van der Waals surface area contributed by atoms with E-state index < -0.39 is 114 Å². The largest absolute Gasteiger partial charge is 0.278 e. The topological polar surface area (TPSA) is 48.5 Å². The Balaban J connectivity index is 1.16. The van der Waals surface area contributed by atoms with Crippen LogP contribution < -0.4 is 0 Å². The Hall–Kier alpha value is -8.41. The molecule has 1 aliphatic carbocycles. The Labute approximate surface area is 386 Å². The van der Waals surface area contributed by atoms with Crippen molar-refractivity contribution in [3.8, 4) is 45.5 Å². The van der Waals surface area contributed by atoms with E-state index in [0.29, 0.717) is 11.1 Å². The van der Waals surface area contributed by atoms with Crippen molar-refractivity contribution in [1.29, 1.82) is 0 Å². The number of benzene rings is 9. The second-order valence-corrected chi connectivity index (χ2v) is 15.2. The SMILES string of the molecule is [2H]c1c([2H])c([2H])c2c(c1[2H])c1c([2H])c([2H])c([2H])c([2H])c1n2-c1nc(-c2cccc(-c3cccc4c3-c3ccccc3C4(c3ccccc3)c3ccccc3)c2)nc(-n2c3c([2H])c([2H])c([2H])c([2H])c3c3c([2H])c([2H])c([2H])c([2H])c32)n1. The molecule has 0 amide bonds. The maximum atomic E-state index is 9.31. The van der Waals surface area contributed by atoms with Crippen molar-refractivity contribution >= 4 is 43.6 Å². The lowest BCUT2D eigenvalue weighted by Crippen LogP contribution is -2.28. The monoisotopic (exact) mass is 819 g/mol. The van der Waals surface area contributed by atoms with Crippen LogP contribution in [0.15, 0.2) is 224 Å². The van der Waals surface area contributed by atoms with Crippen LogP contribution in [0, 0.1) is 0 Å². The number of hydrogen-bond acceptors (Lipinski definition) is 3. The van der Waals surface area contributed by atoms with Gasteiger partial charge in [0.2, 0.25) is 11.9 Å². The maximum Gasteiger partial charge on any atom is 0.240 e. The summed E-state index contributed by atoms with van der Waals surface area (Å²) in [5.41, 5.74) is 5.99. The van der Waals surface area contributed by atoms with Gasteiger partial charge >= 0.3 is 0 Å². The van der Waals surface area contributed by atoms with Crippen molar-refractivity contribution in [3.63, 3.8) is 0 Å². The summed E-state index contributed by atoms with van der Waals surface area (Å²) < 4.78 is 146. The van der Waals surface area contributed by atoms with Crippen molar-refractivity contribution in [1.82, 2.24) is 24.1 Å². The van der Waals surface area contributed by atoms with Gasteiger partial charge in [-0.2, -0.15) is 15.0 Å². The number of para-hydroxylation sites is 4. The summed E-state index contributed by atoms with van der Waals surface area (Å²) in [4.78, 5) is 14.8. The van der Waals surface area contributed by atoms with Crippen LogP contribution in [-0.2, 0) is 5.41 Å². The van der Waals surface area contributed by atoms with Gasteiger partial charge in [-0.05, 0) is 74.7 Å². The molecule has 0 aliphatic heterocycles. The number of fused-ring (bicyclic) bond motifs is 9. The highest BCUT2D eigenvalue weighted by atomic mass is 15.3. The predicted molar refractivity (Wildman–Crippen MR) is 257 cm³/mol. The van der Waals surface area contributed by atoms with Crippen LogP contribution in [0.3, 0.4) is 0 Å². The number of rotatable bonds is 6. The Morgan fingerprint density at radius 3 is 1.35 bits per heavy atom. The molecule has 0 N–H and O–H groups in total. The van der Waals surface area contributed by atoms with E-state index in [4.69, 9.17) is 31.4 Å². The van der Waals surface area contributed by atoms with E-state index in [1.165, 1.54) is 0 Å². The van der Waals surface area contributed by atoms with Crippen LogP contribution in [-0.4, -0.2) is 24.1 Å². The minimum Gasteiger partial charge on any atom is -0.278 e. The summed E-state index contributed by atoms with van der Waals surface area (Å²) in [6.45, 7) is 0. The van der Waals surface area contributed by atoms with Crippen LogP contribution in [0.5, 0.6) is 0 Å². The Bertz CT molecular complexity index is 4320. The average molecular weight is 820 g/mol. The van der Waals surface area contributed by atoms with Gasteiger partial charge in [-0.1, -0.05) is 194 Å². The summed E-state index contributed by atoms with van der Waals surface area (Å²) in [5, 5.41) is -1.06. The smallest absolute Gasteiger partial charge is 0.240 e. The first kappa shape index (κ1) is 23.0. The predicted octanol–water partition coefficient (Wildman–Crippen LogP) is 13.8. The molecule has 13 rings (SSSR count). The zero-order chi connectivity index (χ0) is 55.4. The van der Waals surface area contributed by atoms with Gasteiger partial charge in [0.25, 0.3) is 0 Å². The van der Waals surface area contributed by atoms with Gasteiger partial charge in [-0.25, -0.2) is 0 Å². The molecule has 1 aliphatic rings. The van der Waals surface area contributed by atoms with E-state index in [0.717, 1.165) is 48.1 Å². The molecule has 0 atom stereocenters. The van der Waals surface area contributed by atoms with Gasteiger partial charge < -0.3 is 0 Å². The zero-order valence-electron chi connectivity index (χ0n) is 48.9. The van der Waals surface area contributed by atoms with Crippen molar-refractivity contribution in [2.24, 2.45) is 0 Å². The number of aromatic nitrogens is 5. The highest BCUT2D eigenvalue weighted by Gasteiger charge is 2.46. The van der Waals surface area contributed by atoms with Crippen molar-refractivity contribution < 1.29 is 21.9 Å². The van der Waals surface area contributed by atoms with Crippen molar-refractivity contribution in [2.45, 2.75) is 5.41 Å². The molecule has 3 aromatic heterocycles. The molecule has 9 aromatic carbocycles. The molecule has 5 nitrogen and oxygen atoms in total. The van der Waals surface area contributed by atoms with Gasteiger partial charge in [-0.15, -0.1) is 0 Å². The third kappa shape index (κ3) is 5.14. The van der Waals surface area contributed by atoms with Crippen molar-refractivity contribution in [2.75, 3.05) is 0 Å². The van der Waals surface area contributed by atoms with Crippen LogP contribution >= 0.6 is 0 Å². The molecule has 0 bridgehead atoms. The summed E-state index contributed by atoms with van der Waals surface area (Å²) in [6.07, 6.45) is 0. The second kappa shape index (κ2) is 13.8. The van der Waals surface area contributed by atoms with Crippen molar-refractivity contribution in [3.05, 3.63) is 246 Å². The van der Waals surface area contributed by atoms with Gasteiger partial charge in [0.1, 0.15) is 0 Å². The van der Waals surface area contributed by atoms with E-state index in [-0.39, 0.29) is 49.4 Å². The number of nitrogens with zero attached hydrogens (tertiary/aromatic N) is 5. The normalized spacial score (nSPS) is 16.4. The highest BCUT2D eigenvalue weighted by Crippen LogP contribution is 2.58. The Morgan fingerprint density at radius 1 is 0.381 bits per heavy atom. The molecule has 0 radical (unpaired) electrons. The van der Waals surface area contributed by atoms with E-state index in [9.17, 15) is 5.48 Å². The Morgan fingerprint density at radius 2 is 0.810 bits per heavy atom. The quantitative estimate of drug-likeness (QED) is 0.168. The molecule has 5 heteroatoms. The minimum absolute atomic E-state index is 0.147. The molecule has 63 heavy (non-hydrogen) atoms. The first-order chi connectivity index (χ1) is 37.9. The molecule has 12 aromatic rings. The van der Waals surface area contributed by atoms with E-state index >= 15 is 0 Å². The number of hydrogen-bond donors (Lipinski definition) is 0. The van der Waals surface area contributed by atoms with E-state index in [1.807, 2.05) is 72.8 Å². The molecular weight excluding hydrogens is 767 g/mol. The van der Waals surface area contributed by atoms with E-state index in [2.05, 4.69) is 42.5 Å². The summed E-state index contributed by atoms with van der Waals surface area (Å²) in [5.74, 6) is -1.09. The summed E-state index contributed by atoms with van der Waals surface area (Å²) in [7, 11) is 0. The fourth-order valence-corrected chi connectivity index (χ4v) is 9.48. The Kier molecular flexibility index (Phi) is 5.04. The molecule has 0 saturated carbocycles. The lowest BCUT2D eigenvalue weighted by Gasteiger charge is -2.34. The lowest BCUT2D eigenvalue weighted by molar-refractivity contribution is 0.768. The van der Waals surface area contributed by atoms with Crippen LogP contribution in [0.1, 0.15) is 44.2 Å². The molecule has 0 unspecified atom stereocenters. The second-order valence-electron chi connectivity index (χ2n) is 15.2. The average Bonchev–Trinajstić information content (AvgIpc) is 4.02. The summed E-state index contributed by atoms with van der Waals surface area (Å²) >= 11 is 0. The third-order valence-electron chi connectivity index (χ3n) is 12.0. The molecule has 0 spiro atoms. The standard InChI is InChI=1S/C58H37N5/c1-3-21-40(22-4-1)58(41-23-5-2-6-24-41)48-31-12-7-29-47(48)54-42(30-18-32-49(54)58)38-19-17-20-39(37-38)55-59-56(62-50-33-13-8-25-43(50)44-26-9-14-34-51(44)62)61-57(60-55)63-52-35-15-10-27-45(52)46-28-11-16-36-53(46)63/h1-37H/i8D,9D,10D,11D,13D,14D,15D,16D,25D,26D,27D,28D,33D,34D,35D,36D. The third-order valence-corrected chi connectivity index (χ3v) is 12.0. The first-order valence-corrected chi connectivity index (χ1v) is 20.1. The lowest BCUT2D eigenvalue weighted by atomic mass is 9.67. The van der Waals surface area contributed by atoms with Gasteiger partial charge in [0, 0.05) is 27.1 Å². The molecule has 3 heterocycles. The highest BCUT2D eigenvalue weighted by molar-refractivity contribution is 6.10. The van der Waals surface area contributed by atoms with Crippen LogP contribution in [0.4, 0.5) is 0 Å². The molecular formula is C58H37N5. The molecule has 0 saturated heterocycles. The summed E-state index contributed by atoms with van der Waals surface area (Å²) in [6, 6.07) is 31.8. The van der Waals surface area contributed by atoms with E-state index in [1.54, 1.807) is 12.1 Å². The zero-order valence-corrected chi connectivity index (χ0v) is 32.9. The van der Waals surface area contributed by atoms with Gasteiger partial charge in [-0.3, -0.25) is 9.13 Å². The minimum atomic E-state index is -0.736. The van der Waals surface area contributed by atoms with Gasteiger partial charge in [0.05, 0.1) is 49.4 Å². The maximum absolute atomic E-state index is 9.31. The van der Waals surface area contributed by atoms with Crippen LogP contribution in [0.2, 0.25) is 0 Å². The first-order valence-electron chi connectivity index (χ1n) is 28.1. The van der Waals surface area contributed by atoms with Crippen LogP contribution in [0.25, 0.3) is 89.2 Å². The fourth-order valence-electron chi connectivity index (χ4n) is 9.48. The fraction of sp³-hybridized carbons (Fsp3) is 0.0172. The molecule has 294 valence electrons.